The third kappa shape index (κ3) is 4.82. The van der Waals surface area contributed by atoms with Crippen LogP contribution < -0.4 is 5.73 Å². The SMILES string of the molecule is CCSCCC(N)C(C)=O. The number of nitrogens with two attached hydrogens (primary N) is 1. The average molecular weight is 161 g/mol. The first-order valence-corrected chi connectivity index (χ1v) is 4.67. The van der Waals surface area contributed by atoms with Gasteiger partial charge in [-0.05, 0) is 24.9 Å². The van der Waals surface area contributed by atoms with Gasteiger partial charge in [-0.25, -0.2) is 0 Å². The molecule has 0 amide bonds. The molecule has 1 atom stereocenters. The lowest BCUT2D eigenvalue weighted by Gasteiger charge is -2.05. The Hall–Kier alpha value is -0.0200. The third-order valence-electron chi connectivity index (χ3n) is 1.30. The second-order valence-electron chi connectivity index (χ2n) is 2.20. The first kappa shape index (κ1) is 9.98. The highest BCUT2D eigenvalue weighted by Crippen LogP contribution is 2.02. The van der Waals surface area contributed by atoms with Crippen LogP contribution in [0.15, 0.2) is 0 Å². The number of thioether (sulfide) groups is 1. The van der Waals surface area contributed by atoms with Crippen LogP contribution in [-0.2, 0) is 4.79 Å². The van der Waals surface area contributed by atoms with E-state index in [1.54, 1.807) is 6.92 Å². The van der Waals surface area contributed by atoms with E-state index in [1.807, 2.05) is 11.8 Å². The fraction of sp³-hybridized carbons (Fsp3) is 0.857. The van der Waals surface area contributed by atoms with Crippen LogP contribution in [0.1, 0.15) is 20.3 Å². The molecule has 1 unspecified atom stereocenters. The van der Waals surface area contributed by atoms with E-state index in [2.05, 4.69) is 6.92 Å². The smallest absolute Gasteiger partial charge is 0.146 e. The van der Waals surface area contributed by atoms with E-state index in [-0.39, 0.29) is 11.8 Å². The minimum Gasteiger partial charge on any atom is -0.321 e. The van der Waals surface area contributed by atoms with Gasteiger partial charge in [0.25, 0.3) is 0 Å². The second kappa shape index (κ2) is 5.74. The van der Waals surface area contributed by atoms with Gasteiger partial charge >= 0.3 is 0 Å². The fourth-order valence-electron chi connectivity index (χ4n) is 0.558. The van der Waals surface area contributed by atoms with Crippen LogP contribution in [0.5, 0.6) is 0 Å². The number of hydrogen-bond acceptors (Lipinski definition) is 3. The average Bonchev–Trinajstić information content (AvgIpc) is 1.88. The van der Waals surface area contributed by atoms with Gasteiger partial charge in [-0.2, -0.15) is 11.8 Å². The van der Waals surface area contributed by atoms with Crippen molar-refractivity contribution in [1.82, 2.24) is 0 Å². The lowest BCUT2D eigenvalue weighted by Crippen LogP contribution is -2.28. The molecule has 0 aromatic carbocycles. The van der Waals surface area contributed by atoms with Crippen molar-refractivity contribution in [1.29, 1.82) is 0 Å². The van der Waals surface area contributed by atoms with Crippen LogP contribution in [-0.4, -0.2) is 23.3 Å². The Morgan fingerprint density at radius 3 is 2.70 bits per heavy atom. The van der Waals surface area contributed by atoms with Crippen LogP contribution in [0.4, 0.5) is 0 Å². The van der Waals surface area contributed by atoms with E-state index in [4.69, 9.17) is 5.73 Å². The summed E-state index contributed by atoms with van der Waals surface area (Å²) < 4.78 is 0. The van der Waals surface area contributed by atoms with E-state index in [0.29, 0.717) is 0 Å². The number of rotatable bonds is 5. The fourth-order valence-corrected chi connectivity index (χ4v) is 1.27. The Morgan fingerprint density at radius 1 is 1.70 bits per heavy atom. The molecule has 0 spiro atoms. The monoisotopic (exact) mass is 161 g/mol. The summed E-state index contributed by atoms with van der Waals surface area (Å²) in [6, 6.07) is -0.237. The third-order valence-corrected chi connectivity index (χ3v) is 2.23. The molecule has 60 valence electrons. The molecule has 0 aromatic heterocycles. The zero-order valence-corrected chi connectivity index (χ0v) is 7.41. The highest BCUT2D eigenvalue weighted by molar-refractivity contribution is 7.99. The second-order valence-corrected chi connectivity index (χ2v) is 3.60. The molecule has 3 heteroatoms. The molecule has 0 saturated heterocycles. The standard InChI is InChI=1S/C7H15NOS/c1-3-10-5-4-7(8)6(2)9/h7H,3-5,8H2,1-2H3. The molecule has 0 heterocycles. The molecule has 0 aliphatic heterocycles. The Labute approximate surface area is 66.6 Å². The van der Waals surface area contributed by atoms with Gasteiger partial charge < -0.3 is 5.73 Å². The molecule has 2 N–H and O–H groups in total. The summed E-state index contributed by atoms with van der Waals surface area (Å²) in [7, 11) is 0. The zero-order chi connectivity index (χ0) is 7.98. The van der Waals surface area contributed by atoms with Crippen LogP contribution in [0.3, 0.4) is 0 Å². The van der Waals surface area contributed by atoms with Crippen molar-refractivity contribution in [3.8, 4) is 0 Å². The summed E-state index contributed by atoms with van der Waals surface area (Å²) >= 11 is 1.82. The van der Waals surface area contributed by atoms with Crippen molar-refractivity contribution in [3.05, 3.63) is 0 Å². The summed E-state index contributed by atoms with van der Waals surface area (Å²) in [6.07, 6.45) is 0.813. The predicted octanol–water partition coefficient (Wildman–Crippen LogP) is 1.05. The minimum atomic E-state index is -0.237. The molecular formula is C7H15NOS. The highest BCUT2D eigenvalue weighted by Gasteiger charge is 2.05. The van der Waals surface area contributed by atoms with Crippen LogP contribution in [0.25, 0.3) is 0 Å². The van der Waals surface area contributed by atoms with E-state index in [1.165, 1.54) is 0 Å². The quantitative estimate of drug-likeness (QED) is 0.613. The topological polar surface area (TPSA) is 43.1 Å². The van der Waals surface area contributed by atoms with Gasteiger partial charge in [0.05, 0.1) is 6.04 Å². The van der Waals surface area contributed by atoms with Crippen LogP contribution in [0, 0.1) is 0 Å². The van der Waals surface area contributed by atoms with E-state index < -0.39 is 0 Å². The molecule has 0 rings (SSSR count). The van der Waals surface area contributed by atoms with Gasteiger partial charge in [-0.15, -0.1) is 0 Å². The largest absolute Gasteiger partial charge is 0.321 e. The number of carbonyl (C=O) groups excluding carboxylic acids is 1. The van der Waals surface area contributed by atoms with E-state index >= 15 is 0 Å². The van der Waals surface area contributed by atoms with Crippen molar-refractivity contribution in [3.63, 3.8) is 0 Å². The molecule has 0 fully saturated rings. The molecule has 0 aliphatic carbocycles. The molecule has 0 radical (unpaired) electrons. The van der Waals surface area contributed by atoms with Gasteiger partial charge in [0.15, 0.2) is 0 Å². The maximum atomic E-state index is 10.6. The normalized spacial score (nSPS) is 13.1. The highest BCUT2D eigenvalue weighted by atomic mass is 32.2. The van der Waals surface area contributed by atoms with Gasteiger partial charge in [-0.3, -0.25) is 4.79 Å². The van der Waals surface area contributed by atoms with Gasteiger partial charge in [0.2, 0.25) is 0 Å². The molecule has 0 aliphatic rings. The van der Waals surface area contributed by atoms with Crippen LogP contribution >= 0.6 is 11.8 Å². The summed E-state index contributed by atoms with van der Waals surface area (Å²) in [5.41, 5.74) is 5.49. The van der Waals surface area contributed by atoms with Crippen molar-refractivity contribution in [2.45, 2.75) is 26.3 Å². The zero-order valence-electron chi connectivity index (χ0n) is 6.59. The van der Waals surface area contributed by atoms with Crippen molar-refractivity contribution < 1.29 is 4.79 Å². The molecule has 0 saturated carbocycles. The van der Waals surface area contributed by atoms with Gasteiger partial charge in [0.1, 0.15) is 5.78 Å². The summed E-state index contributed by atoms with van der Waals surface area (Å²) in [5.74, 6) is 2.19. The number of hydrogen-bond donors (Lipinski definition) is 1. The molecule has 10 heavy (non-hydrogen) atoms. The van der Waals surface area contributed by atoms with Crippen molar-refractivity contribution >= 4 is 17.5 Å². The first-order valence-electron chi connectivity index (χ1n) is 3.52. The maximum Gasteiger partial charge on any atom is 0.146 e. The predicted molar refractivity (Wildman–Crippen MR) is 46.3 cm³/mol. The molecule has 0 aromatic rings. The number of ketones is 1. The Bertz CT molecular complexity index is 106. The lowest BCUT2D eigenvalue weighted by molar-refractivity contribution is -0.118. The van der Waals surface area contributed by atoms with Gasteiger partial charge in [0, 0.05) is 0 Å². The lowest BCUT2D eigenvalue weighted by atomic mass is 10.2. The molecular weight excluding hydrogens is 146 g/mol. The summed E-state index contributed by atoms with van der Waals surface area (Å²) in [5, 5.41) is 0. The summed E-state index contributed by atoms with van der Waals surface area (Å²) in [6.45, 7) is 3.64. The molecule has 2 nitrogen and oxygen atoms in total. The van der Waals surface area contributed by atoms with E-state index in [0.717, 1.165) is 17.9 Å². The van der Waals surface area contributed by atoms with Crippen LogP contribution in [0.2, 0.25) is 0 Å². The minimum absolute atomic E-state index is 0.0942. The number of carbonyl (C=O) groups is 1. The Kier molecular flexibility index (Phi) is 5.73. The van der Waals surface area contributed by atoms with Crippen molar-refractivity contribution in [2.75, 3.05) is 11.5 Å². The first-order chi connectivity index (χ1) is 4.68. The van der Waals surface area contributed by atoms with Gasteiger partial charge in [-0.1, -0.05) is 6.92 Å². The van der Waals surface area contributed by atoms with Crippen molar-refractivity contribution in [2.24, 2.45) is 5.73 Å². The maximum absolute atomic E-state index is 10.6. The summed E-state index contributed by atoms with van der Waals surface area (Å²) in [4.78, 5) is 10.6. The Balaban J connectivity index is 3.21. The van der Waals surface area contributed by atoms with E-state index in [9.17, 15) is 4.79 Å². The number of Topliss-reactive ketones (excluding diaryl/α,β-unsaturated/α-hetero) is 1. The Morgan fingerprint density at radius 2 is 2.30 bits per heavy atom. The molecule has 0 bridgehead atoms.